The summed E-state index contributed by atoms with van der Waals surface area (Å²) in [6.07, 6.45) is 0. The maximum Gasteiger partial charge on any atom is 0.276 e. The van der Waals surface area contributed by atoms with Crippen LogP contribution in [0.4, 0.5) is 11.4 Å². The van der Waals surface area contributed by atoms with Crippen LogP contribution in [-0.4, -0.2) is 30.5 Å². The number of nitro benzene ring substituents is 1. The molecule has 0 aliphatic heterocycles. The van der Waals surface area contributed by atoms with Crippen molar-refractivity contribution in [3.63, 3.8) is 0 Å². The molecule has 0 saturated carbocycles. The third-order valence-corrected chi connectivity index (χ3v) is 5.34. The lowest BCUT2D eigenvalue weighted by Crippen LogP contribution is -2.13. The Balaban J connectivity index is 1.43. The molecule has 2 N–H and O–H groups in total. The highest BCUT2D eigenvalue weighted by Gasteiger charge is 2.17. The molecule has 0 unspecified atom stereocenters. The Morgan fingerprint density at radius 3 is 2.47 bits per heavy atom. The summed E-state index contributed by atoms with van der Waals surface area (Å²) in [7, 11) is 0. The molecule has 36 heavy (non-hydrogen) atoms. The van der Waals surface area contributed by atoms with Gasteiger partial charge < -0.3 is 15.2 Å². The average Bonchev–Trinajstić information content (AvgIpc) is 3.31. The molecule has 5 aromatic rings. The first-order valence-corrected chi connectivity index (χ1v) is 10.9. The normalized spacial score (nSPS) is 10.8. The number of non-ortho nitro benzene ring substituents is 1. The molecule has 1 amide bonds. The van der Waals surface area contributed by atoms with Crippen molar-refractivity contribution in [2.24, 2.45) is 0 Å². The van der Waals surface area contributed by atoms with Gasteiger partial charge in [-0.25, -0.2) is 9.50 Å². The second-order valence-electron chi connectivity index (χ2n) is 7.97. The number of phenols is 1. The Bertz CT molecular complexity index is 1600. The molecule has 2 heterocycles. The monoisotopic (exact) mass is 481 g/mol. The van der Waals surface area contributed by atoms with Gasteiger partial charge in [-0.15, -0.1) is 0 Å². The van der Waals surface area contributed by atoms with Gasteiger partial charge >= 0.3 is 0 Å². The molecule has 0 spiro atoms. The van der Waals surface area contributed by atoms with Gasteiger partial charge in [-0.3, -0.25) is 14.9 Å². The van der Waals surface area contributed by atoms with Crippen molar-refractivity contribution in [3.05, 3.63) is 106 Å². The first kappa shape index (κ1) is 22.5. The molecule has 0 aliphatic rings. The number of nitrogens with one attached hydrogen (secondary N) is 1. The fraction of sp³-hybridized carbons (Fsp3) is 0.0385. The number of amides is 1. The summed E-state index contributed by atoms with van der Waals surface area (Å²) in [6.45, 7) is 1.86. The van der Waals surface area contributed by atoms with Gasteiger partial charge in [-0.05, 0) is 37.3 Å². The summed E-state index contributed by atoms with van der Waals surface area (Å²) < 4.78 is 7.24. The van der Waals surface area contributed by atoms with Gasteiger partial charge in [-0.1, -0.05) is 30.3 Å². The molecule has 10 heteroatoms. The van der Waals surface area contributed by atoms with Crippen LogP contribution in [0.2, 0.25) is 0 Å². The number of anilines is 1. The van der Waals surface area contributed by atoms with E-state index in [0.29, 0.717) is 11.4 Å². The molecule has 2 aromatic heterocycles. The van der Waals surface area contributed by atoms with Crippen molar-refractivity contribution in [3.8, 4) is 28.5 Å². The van der Waals surface area contributed by atoms with Gasteiger partial charge in [0, 0.05) is 29.5 Å². The van der Waals surface area contributed by atoms with Gasteiger partial charge in [0.25, 0.3) is 11.6 Å². The summed E-state index contributed by atoms with van der Waals surface area (Å²) >= 11 is 0. The molecule has 5 rings (SSSR count). The maximum atomic E-state index is 13.0. The van der Waals surface area contributed by atoms with E-state index in [9.17, 15) is 20.0 Å². The number of benzene rings is 3. The molecule has 178 valence electrons. The lowest BCUT2D eigenvalue weighted by molar-refractivity contribution is -0.384. The molecule has 3 aromatic carbocycles. The Morgan fingerprint density at radius 1 is 1.00 bits per heavy atom. The third kappa shape index (κ3) is 4.68. The highest BCUT2D eigenvalue weighted by Crippen LogP contribution is 2.31. The van der Waals surface area contributed by atoms with Crippen LogP contribution >= 0.6 is 0 Å². The van der Waals surface area contributed by atoms with Crippen LogP contribution in [0.1, 0.15) is 16.2 Å². The first-order valence-electron chi connectivity index (χ1n) is 10.9. The fourth-order valence-electron chi connectivity index (χ4n) is 3.66. The second-order valence-corrected chi connectivity index (χ2v) is 7.97. The summed E-state index contributed by atoms with van der Waals surface area (Å²) in [5.74, 6) is 0.00607. The SMILES string of the molecule is Cc1cc(-c2ccccc2)nc2cc(C(=O)Nc3cc(Oc4ccc(O)cc4)cc([N+](=O)[O-])c3)nn12. The highest BCUT2D eigenvalue weighted by atomic mass is 16.6. The predicted molar refractivity (Wildman–Crippen MR) is 132 cm³/mol. The van der Waals surface area contributed by atoms with Crippen molar-refractivity contribution in [2.75, 3.05) is 5.32 Å². The quantitative estimate of drug-likeness (QED) is 0.246. The minimum Gasteiger partial charge on any atom is -0.508 e. The van der Waals surface area contributed by atoms with Crippen LogP contribution in [0, 0.1) is 17.0 Å². The third-order valence-electron chi connectivity index (χ3n) is 5.34. The number of phenolic OH excluding ortho intramolecular Hbond substituents is 1. The number of carbonyl (C=O) groups excluding carboxylic acids is 1. The number of nitro groups is 1. The number of fused-ring (bicyclic) bond motifs is 1. The summed E-state index contributed by atoms with van der Waals surface area (Å²) in [6, 6.07) is 22.9. The maximum absolute atomic E-state index is 13.0. The summed E-state index contributed by atoms with van der Waals surface area (Å²) in [5, 5.41) is 27.9. The van der Waals surface area contributed by atoms with E-state index in [1.165, 1.54) is 42.5 Å². The van der Waals surface area contributed by atoms with Crippen molar-refractivity contribution in [1.29, 1.82) is 0 Å². The molecule has 10 nitrogen and oxygen atoms in total. The van der Waals surface area contributed by atoms with Crippen LogP contribution in [0.5, 0.6) is 17.2 Å². The smallest absolute Gasteiger partial charge is 0.276 e. The Morgan fingerprint density at radius 2 is 1.75 bits per heavy atom. The number of ether oxygens (including phenoxy) is 1. The van der Waals surface area contributed by atoms with Crippen LogP contribution in [-0.2, 0) is 0 Å². The molecular formula is C26H19N5O5. The fourth-order valence-corrected chi connectivity index (χ4v) is 3.66. The van der Waals surface area contributed by atoms with Gasteiger partial charge in [0.2, 0.25) is 0 Å². The minimum atomic E-state index is -0.581. The van der Waals surface area contributed by atoms with Crippen molar-refractivity contribution < 1.29 is 19.6 Å². The van der Waals surface area contributed by atoms with E-state index in [0.717, 1.165) is 17.0 Å². The largest absolute Gasteiger partial charge is 0.508 e. The number of aromatic hydroxyl groups is 1. The van der Waals surface area contributed by atoms with Crippen molar-refractivity contribution in [1.82, 2.24) is 14.6 Å². The molecule has 0 saturated heterocycles. The number of nitrogens with zero attached hydrogens (tertiary/aromatic N) is 4. The number of hydrogen-bond donors (Lipinski definition) is 2. The number of hydrogen-bond acceptors (Lipinski definition) is 7. The van der Waals surface area contributed by atoms with E-state index in [-0.39, 0.29) is 28.6 Å². The van der Waals surface area contributed by atoms with E-state index in [4.69, 9.17) is 4.74 Å². The van der Waals surface area contributed by atoms with Crippen LogP contribution in [0.15, 0.2) is 84.9 Å². The predicted octanol–water partition coefficient (Wildman–Crippen LogP) is 5.36. The zero-order chi connectivity index (χ0) is 25.2. The van der Waals surface area contributed by atoms with E-state index < -0.39 is 10.8 Å². The van der Waals surface area contributed by atoms with E-state index in [2.05, 4.69) is 15.4 Å². The zero-order valence-corrected chi connectivity index (χ0v) is 19.0. The van der Waals surface area contributed by atoms with Crippen LogP contribution in [0.3, 0.4) is 0 Å². The summed E-state index contributed by atoms with van der Waals surface area (Å²) in [5.41, 5.74) is 2.97. The Hall–Kier alpha value is -5.25. The average molecular weight is 481 g/mol. The van der Waals surface area contributed by atoms with E-state index in [1.54, 1.807) is 10.6 Å². The number of rotatable bonds is 6. The second kappa shape index (κ2) is 9.18. The van der Waals surface area contributed by atoms with E-state index in [1.807, 2.05) is 43.3 Å². The Kier molecular flexibility index (Phi) is 5.75. The highest BCUT2D eigenvalue weighted by molar-refractivity contribution is 6.03. The Labute approximate surface area is 204 Å². The van der Waals surface area contributed by atoms with Gasteiger partial charge in [-0.2, -0.15) is 5.10 Å². The van der Waals surface area contributed by atoms with Crippen LogP contribution < -0.4 is 10.1 Å². The molecule has 0 atom stereocenters. The number of aryl methyl sites for hydroxylation is 1. The molecule has 0 aliphatic carbocycles. The summed E-state index contributed by atoms with van der Waals surface area (Å²) in [4.78, 5) is 28.5. The first-order chi connectivity index (χ1) is 17.4. The lowest BCUT2D eigenvalue weighted by Gasteiger charge is -2.09. The minimum absolute atomic E-state index is 0.0578. The standard InChI is InChI=1S/C26H19N5O5/c1-16-11-23(17-5-3-2-4-6-17)28-25-15-24(29-30(16)25)26(33)27-18-12-19(31(34)35)14-22(13-18)36-21-9-7-20(32)8-10-21/h2-15,32H,1H3,(H,27,33). The molecule has 0 bridgehead atoms. The van der Waals surface area contributed by atoms with Gasteiger partial charge in [0.1, 0.15) is 17.2 Å². The molecule has 0 fully saturated rings. The molecule has 0 radical (unpaired) electrons. The topological polar surface area (TPSA) is 132 Å². The number of carbonyl (C=O) groups is 1. The van der Waals surface area contributed by atoms with Crippen LogP contribution in [0.25, 0.3) is 16.9 Å². The van der Waals surface area contributed by atoms with E-state index >= 15 is 0 Å². The van der Waals surface area contributed by atoms with Crippen molar-refractivity contribution in [2.45, 2.75) is 6.92 Å². The molecular weight excluding hydrogens is 462 g/mol. The number of aromatic nitrogens is 3. The lowest BCUT2D eigenvalue weighted by atomic mass is 10.1. The van der Waals surface area contributed by atoms with Gasteiger partial charge in [0.05, 0.1) is 22.4 Å². The van der Waals surface area contributed by atoms with Gasteiger partial charge in [0.15, 0.2) is 11.3 Å². The zero-order valence-electron chi connectivity index (χ0n) is 19.0. The van der Waals surface area contributed by atoms with Crippen molar-refractivity contribution >= 4 is 22.9 Å².